The van der Waals surface area contributed by atoms with Gasteiger partial charge in [-0.25, -0.2) is 0 Å². The van der Waals surface area contributed by atoms with Gasteiger partial charge in [0.2, 0.25) is 0 Å². The summed E-state index contributed by atoms with van der Waals surface area (Å²) in [7, 11) is 1.27. The molecule has 0 amide bonds. The third kappa shape index (κ3) is 7.32. The van der Waals surface area contributed by atoms with Crippen LogP contribution in [0.25, 0.3) is 0 Å². The molecule has 0 aliphatic heterocycles. The van der Waals surface area contributed by atoms with Crippen molar-refractivity contribution in [1.29, 1.82) is 0 Å². The van der Waals surface area contributed by atoms with Crippen LogP contribution in [0.3, 0.4) is 0 Å². The third-order valence-electron chi connectivity index (χ3n) is 0.993. The number of carbonyl (C=O) groups excluding carboxylic acids is 1. The van der Waals surface area contributed by atoms with Crippen LogP contribution in [0, 0.1) is 0 Å². The Morgan fingerprint density at radius 1 is 1.45 bits per heavy atom. The van der Waals surface area contributed by atoms with Gasteiger partial charge >= 0.3 is 6.18 Å². The Labute approximate surface area is 62.3 Å². The first-order valence-electron chi connectivity index (χ1n) is 3.03. The Morgan fingerprint density at radius 2 is 2.00 bits per heavy atom. The van der Waals surface area contributed by atoms with Crippen LogP contribution in [0.1, 0.15) is 12.8 Å². The second-order valence-electron chi connectivity index (χ2n) is 2.09. The molecular formula is C6H9F3O2. The van der Waals surface area contributed by atoms with Gasteiger partial charge in [0.15, 0.2) is 5.78 Å². The number of methoxy groups -OCH3 is 1. The second kappa shape index (κ2) is 4.33. The molecule has 0 aromatic heterocycles. The van der Waals surface area contributed by atoms with Crippen molar-refractivity contribution in [3.8, 4) is 0 Å². The van der Waals surface area contributed by atoms with Gasteiger partial charge in [-0.3, -0.25) is 4.79 Å². The number of hydrogen-bond acceptors (Lipinski definition) is 2. The van der Waals surface area contributed by atoms with Crippen molar-refractivity contribution in [3.63, 3.8) is 0 Å². The summed E-state index contributed by atoms with van der Waals surface area (Å²) in [5, 5.41) is 0. The number of carbonyl (C=O) groups is 1. The molecule has 0 heterocycles. The van der Waals surface area contributed by atoms with Gasteiger partial charge in [-0.15, -0.1) is 0 Å². The lowest BCUT2D eigenvalue weighted by Crippen LogP contribution is -2.13. The number of ether oxygens (including phenoxy) is 1. The maximum atomic E-state index is 11.5. The molecule has 0 aromatic rings. The molecule has 0 saturated carbocycles. The van der Waals surface area contributed by atoms with Crippen molar-refractivity contribution in [2.24, 2.45) is 0 Å². The molecule has 0 aromatic carbocycles. The monoisotopic (exact) mass is 170 g/mol. The van der Waals surface area contributed by atoms with Gasteiger partial charge in [0.25, 0.3) is 0 Å². The fourth-order valence-corrected chi connectivity index (χ4v) is 0.514. The zero-order chi connectivity index (χ0) is 8.91. The minimum atomic E-state index is -4.25. The maximum absolute atomic E-state index is 11.5. The molecule has 0 spiro atoms. The van der Waals surface area contributed by atoms with Crippen molar-refractivity contribution in [2.75, 3.05) is 13.7 Å². The van der Waals surface area contributed by atoms with Gasteiger partial charge in [0, 0.05) is 13.5 Å². The Balaban J connectivity index is 3.46. The summed E-state index contributed by atoms with van der Waals surface area (Å²) in [5.74, 6) is -0.523. The number of hydrogen-bond donors (Lipinski definition) is 0. The standard InChI is InChI=1S/C6H9F3O2/c1-11-4-5(10)2-3-6(7,8)9/h2-4H2,1H3. The van der Waals surface area contributed by atoms with Gasteiger partial charge in [-0.2, -0.15) is 13.2 Å². The van der Waals surface area contributed by atoms with Crippen LogP contribution in [0.4, 0.5) is 13.2 Å². The van der Waals surface area contributed by atoms with E-state index in [1.165, 1.54) is 7.11 Å². The molecule has 0 N–H and O–H groups in total. The van der Waals surface area contributed by atoms with Crippen LogP contribution in [-0.4, -0.2) is 25.7 Å². The number of ketones is 1. The number of rotatable bonds is 4. The molecule has 0 saturated heterocycles. The molecule has 0 unspecified atom stereocenters. The lowest BCUT2D eigenvalue weighted by molar-refractivity contribution is -0.144. The molecule has 66 valence electrons. The topological polar surface area (TPSA) is 26.3 Å². The van der Waals surface area contributed by atoms with E-state index in [2.05, 4.69) is 4.74 Å². The molecular weight excluding hydrogens is 161 g/mol. The van der Waals surface area contributed by atoms with E-state index in [1.54, 1.807) is 0 Å². The van der Waals surface area contributed by atoms with E-state index in [0.29, 0.717) is 0 Å². The number of Topliss-reactive ketones (excluding diaryl/α,β-unsaturated/α-hetero) is 1. The minimum absolute atomic E-state index is 0.240. The summed E-state index contributed by atoms with van der Waals surface area (Å²) in [4.78, 5) is 10.5. The minimum Gasteiger partial charge on any atom is -0.377 e. The summed E-state index contributed by atoms with van der Waals surface area (Å²) < 4.78 is 38.7. The third-order valence-corrected chi connectivity index (χ3v) is 0.993. The molecule has 5 heteroatoms. The van der Waals surface area contributed by atoms with Crippen LogP contribution in [0.15, 0.2) is 0 Å². The maximum Gasteiger partial charge on any atom is 0.389 e. The molecule has 0 atom stereocenters. The fourth-order valence-electron chi connectivity index (χ4n) is 0.514. The molecule has 0 aliphatic carbocycles. The summed E-state index contributed by atoms with van der Waals surface area (Å²) in [5.41, 5.74) is 0. The predicted octanol–water partition coefficient (Wildman–Crippen LogP) is 1.54. The largest absolute Gasteiger partial charge is 0.389 e. The highest BCUT2D eigenvalue weighted by atomic mass is 19.4. The quantitative estimate of drug-likeness (QED) is 0.639. The lowest BCUT2D eigenvalue weighted by Gasteiger charge is -2.03. The molecule has 0 aliphatic rings. The fraction of sp³-hybridized carbons (Fsp3) is 0.833. The van der Waals surface area contributed by atoms with Crippen molar-refractivity contribution in [3.05, 3.63) is 0 Å². The van der Waals surface area contributed by atoms with Gasteiger partial charge in [-0.1, -0.05) is 0 Å². The van der Waals surface area contributed by atoms with Crippen molar-refractivity contribution < 1.29 is 22.7 Å². The Kier molecular flexibility index (Phi) is 4.10. The average Bonchev–Trinajstić information content (AvgIpc) is 1.83. The van der Waals surface area contributed by atoms with Crippen LogP contribution in [-0.2, 0) is 9.53 Å². The Bertz CT molecular complexity index is 130. The normalized spacial score (nSPS) is 11.6. The summed E-state index contributed by atoms with van der Waals surface area (Å²) in [6.07, 6.45) is -5.80. The number of alkyl halides is 3. The van der Waals surface area contributed by atoms with Crippen molar-refractivity contribution in [1.82, 2.24) is 0 Å². The summed E-state index contributed by atoms with van der Waals surface area (Å²) in [6, 6.07) is 0. The van der Waals surface area contributed by atoms with E-state index in [9.17, 15) is 18.0 Å². The summed E-state index contributed by atoms with van der Waals surface area (Å²) >= 11 is 0. The zero-order valence-corrected chi connectivity index (χ0v) is 6.07. The van der Waals surface area contributed by atoms with E-state index >= 15 is 0 Å². The molecule has 0 fully saturated rings. The lowest BCUT2D eigenvalue weighted by atomic mass is 10.2. The first kappa shape index (κ1) is 10.4. The Morgan fingerprint density at radius 3 is 2.36 bits per heavy atom. The van der Waals surface area contributed by atoms with Crippen LogP contribution in [0.5, 0.6) is 0 Å². The van der Waals surface area contributed by atoms with Gasteiger partial charge < -0.3 is 4.74 Å². The highest BCUT2D eigenvalue weighted by Crippen LogP contribution is 2.21. The number of halogens is 3. The van der Waals surface area contributed by atoms with E-state index in [0.717, 1.165) is 0 Å². The zero-order valence-electron chi connectivity index (χ0n) is 6.07. The van der Waals surface area contributed by atoms with Crippen LogP contribution < -0.4 is 0 Å². The van der Waals surface area contributed by atoms with Gasteiger partial charge in [-0.05, 0) is 0 Å². The van der Waals surface area contributed by atoms with Crippen LogP contribution in [0.2, 0.25) is 0 Å². The highest BCUT2D eigenvalue weighted by molar-refractivity contribution is 5.79. The van der Waals surface area contributed by atoms with Crippen molar-refractivity contribution in [2.45, 2.75) is 19.0 Å². The first-order valence-corrected chi connectivity index (χ1v) is 3.03. The second-order valence-corrected chi connectivity index (χ2v) is 2.09. The van der Waals surface area contributed by atoms with Gasteiger partial charge in [0.1, 0.15) is 6.61 Å². The summed E-state index contributed by atoms with van der Waals surface area (Å²) in [6.45, 7) is -0.240. The van der Waals surface area contributed by atoms with E-state index in [1.807, 2.05) is 0 Å². The SMILES string of the molecule is COCC(=O)CCC(F)(F)F. The predicted molar refractivity (Wildman–Crippen MR) is 32.2 cm³/mol. The van der Waals surface area contributed by atoms with E-state index in [-0.39, 0.29) is 6.61 Å². The van der Waals surface area contributed by atoms with E-state index < -0.39 is 24.8 Å². The molecule has 0 radical (unpaired) electrons. The first-order chi connectivity index (χ1) is 4.95. The average molecular weight is 170 g/mol. The highest BCUT2D eigenvalue weighted by Gasteiger charge is 2.27. The van der Waals surface area contributed by atoms with E-state index in [4.69, 9.17) is 0 Å². The van der Waals surface area contributed by atoms with Crippen molar-refractivity contribution >= 4 is 5.78 Å². The molecule has 2 nitrogen and oxygen atoms in total. The van der Waals surface area contributed by atoms with Crippen LogP contribution >= 0.6 is 0 Å². The molecule has 11 heavy (non-hydrogen) atoms. The smallest absolute Gasteiger partial charge is 0.377 e. The molecule has 0 rings (SSSR count). The van der Waals surface area contributed by atoms with Gasteiger partial charge in [0.05, 0.1) is 6.42 Å². The Hall–Kier alpha value is -0.580. The molecule has 0 bridgehead atoms.